The molecule has 3 nitrogen and oxygen atoms in total. The molecular formula is C11H21N3. The molecule has 1 N–H and O–H groups in total. The molecule has 0 aliphatic carbocycles. The SMILES string of the molecule is CNC(C)c1ccn(CCN(C)C)c1. The molecule has 0 spiro atoms. The predicted molar refractivity (Wildman–Crippen MR) is 60.5 cm³/mol. The van der Waals surface area contributed by atoms with Crippen LogP contribution in [0.4, 0.5) is 0 Å². The predicted octanol–water partition coefficient (Wildman–Crippen LogP) is 1.33. The van der Waals surface area contributed by atoms with Crippen molar-refractivity contribution in [1.82, 2.24) is 14.8 Å². The Balaban J connectivity index is 2.50. The van der Waals surface area contributed by atoms with Gasteiger partial charge in [-0.1, -0.05) is 0 Å². The molecule has 0 fully saturated rings. The van der Waals surface area contributed by atoms with Crippen LogP contribution in [0.5, 0.6) is 0 Å². The zero-order chi connectivity index (χ0) is 10.6. The Morgan fingerprint density at radius 2 is 2.21 bits per heavy atom. The Kier molecular flexibility index (Phi) is 4.17. The summed E-state index contributed by atoms with van der Waals surface area (Å²) < 4.78 is 2.24. The first kappa shape index (κ1) is 11.3. The Morgan fingerprint density at radius 1 is 1.50 bits per heavy atom. The first-order valence-corrected chi connectivity index (χ1v) is 5.11. The summed E-state index contributed by atoms with van der Waals surface area (Å²) in [7, 11) is 6.18. The van der Waals surface area contributed by atoms with E-state index >= 15 is 0 Å². The molecule has 0 aliphatic heterocycles. The summed E-state index contributed by atoms with van der Waals surface area (Å²) in [4.78, 5) is 2.20. The van der Waals surface area contributed by atoms with Gasteiger partial charge in [0.15, 0.2) is 0 Å². The van der Waals surface area contributed by atoms with Crippen molar-refractivity contribution in [3.63, 3.8) is 0 Å². The lowest BCUT2D eigenvalue weighted by Gasteiger charge is -2.10. The standard InChI is InChI=1S/C11H21N3/c1-10(12-2)11-5-6-14(9-11)8-7-13(3)4/h5-6,9-10,12H,7-8H2,1-4H3. The Hall–Kier alpha value is -0.800. The molecule has 0 aromatic carbocycles. The van der Waals surface area contributed by atoms with Crippen LogP contribution in [-0.2, 0) is 6.54 Å². The maximum absolute atomic E-state index is 3.24. The van der Waals surface area contributed by atoms with Gasteiger partial charge in [0.25, 0.3) is 0 Å². The zero-order valence-corrected chi connectivity index (χ0v) is 9.62. The van der Waals surface area contributed by atoms with Crippen molar-refractivity contribution in [1.29, 1.82) is 0 Å². The monoisotopic (exact) mass is 195 g/mol. The molecule has 0 saturated carbocycles. The number of aromatic nitrogens is 1. The van der Waals surface area contributed by atoms with Gasteiger partial charge in [0, 0.05) is 31.5 Å². The van der Waals surface area contributed by atoms with Crippen LogP contribution in [0.25, 0.3) is 0 Å². The Bertz CT molecular complexity index is 265. The fraction of sp³-hybridized carbons (Fsp3) is 0.636. The first-order valence-electron chi connectivity index (χ1n) is 5.11. The molecule has 3 heteroatoms. The number of hydrogen-bond acceptors (Lipinski definition) is 2. The quantitative estimate of drug-likeness (QED) is 0.765. The van der Waals surface area contributed by atoms with Crippen molar-refractivity contribution in [3.05, 3.63) is 24.0 Å². The molecule has 0 bridgehead atoms. The van der Waals surface area contributed by atoms with Crippen LogP contribution < -0.4 is 5.32 Å². The zero-order valence-electron chi connectivity index (χ0n) is 9.62. The Morgan fingerprint density at radius 3 is 2.79 bits per heavy atom. The molecule has 1 atom stereocenters. The molecule has 0 radical (unpaired) electrons. The number of hydrogen-bond donors (Lipinski definition) is 1. The summed E-state index contributed by atoms with van der Waals surface area (Å²) in [5.74, 6) is 0. The lowest BCUT2D eigenvalue weighted by atomic mass is 10.2. The maximum Gasteiger partial charge on any atom is 0.0347 e. The number of nitrogens with one attached hydrogen (secondary N) is 1. The second-order valence-corrected chi connectivity index (χ2v) is 4.00. The molecule has 1 aromatic rings. The maximum atomic E-state index is 3.24. The van der Waals surface area contributed by atoms with E-state index in [0.29, 0.717) is 6.04 Å². The van der Waals surface area contributed by atoms with E-state index in [0.717, 1.165) is 13.1 Å². The van der Waals surface area contributed by atoms with Crippen molar-refractivity contribution in [2.75, 3.05) is 27.7 Å². The van der Waals surface area contributed by atoms with Gasteiger partial charge in [-0.2, -0.15) is 0 Å². The van der Waals surface area contributed by atoms with E-state index in [2.05, 4.69) is 54.3 Å². The van der Waals surface area contributed by atoms with E-state index in [1.54, 1.807) is 0 Å². The molecular weight excluding hydrogens is 174 g/mol. The fourth-order valence-electron chi connectivity index (χ4n) is 1.34. The van der Waals surface area contributed by atoms with Crippen LogP contribution in [0.15, 0.2) is 18.5 Å². The van der Waals surface area contributed by atoms with Crippen LogP contribution in [0.3, 0.4) is 0 Å². The largest absolute Gasteiger partial charge is 0.353 e. The number of nitrogens with zero attached hydrogens (tertiary/aromatic N) is 2. The highest BCUT2D eigenvalue weighted by Gasteiger charge is 2.03. The topological polar surface area (TPSA) is 20.2 Å². The van der Waals surface area contributed by atoms with Gasteiger partial charge < -0.3 is 14.8 Å². The second-order valence-electron chi connectivity index (χ2n) is 4.00. The minimum atomic E-state index is 0.440. The molecule has 1 heterocycles. The second kappa shape index (κ2) is 5.17. The van der Waals surface area contributed by atoms with Crippen LogP contribution in [0.2, 0.25) is 0 Å². The van der Waals surface area contributed by atoms with E-state index in [9.17, 15) is 0 Å². The number of rotatable bonds is 5. The highest BCUT2D eigenvalue weighted by Crippen LogP contribution is 2.11. The summed E-state index contributed by atoms with van der Waals surface area (Å²) >= 11 is 0. The van der Waals surface area contributed by atoms with Crippen LogP contribution in [0, 0.1) is 0 Å². The highest BCUT2D eigenvalue weighted by molar-refractivity contribution is 5.14. The molecule has 1 unspecified atom stereocenters. The summed E-state index contributed by atoms with van der Waals surface area (Å²) in [6, 6.07) is 2.62. The average Bonchev–Trinajstić information content (AvgIpc) is 2.62. The lowest BCUT2D eigenvalue weighted by Crippen LogP contribution is -2.17. The molecule has 0 saturated heterocycles. The summed E-state index contributed by atoms with van der Waals surface area (Å²) in [6.07, 6.45) is 4.36. The molecule has 0 aliphatic rings. The molecule has 14 heavy (non-hydrogen) atoms. The molecule has 1 rings (SSSR count). The van der Waals surface area contributed by atoms with Gasteiger partial charge >= 0.3 is 0 Å². The van der Waals surface area contributed by atoms with E-state index in [1.165, 1.54) is 5.56 Å². The fourth-order valence-corrected chi connectivity index (χ4v) is 1.34. The van der Waals surface area contributed by atoms with Gasteiger partial charge in [-0.25, -0.2) is 0 Å². The van der Waals surface area contributed by atoms with E-state index in [1.807, 2.05) is 7.05 Å². The molecule has 80 valence electrons. The summed E-state index contributed by atoms with van der Waals surface area (Å²) in [5, 5.41) is 3.24. The smallest absolute Gasteiger partial charge is 0.0347 e. The van der Waals surface area contributed by atoms with Crippen molar-refractivity contribution >= 4 is 0 Å². The van der Waals surface area contributed by atoms with Gasteiger partial charge in [0.2, 0.25) is 0 Å². The third kappa shape index (κ3) is 3.16. The van der Waals surface area contributed by atoms with E-state index in [4.69, 9.17) is 0 Å². The van der Waals surface area contributed by atoms with Crippen LogP contribution in [0.1, 0.15) is 18.5 Å². The van der Waals surface area contributed by atoms with Crippen molar-refractivity contribution < 1.29 is 0 Å². The van der Waals surface area contributed by atoms with Crippen LogP contribution in [-0.4, -0.2) is 37.2 Å². The molecule has 0 amide bonds. The minimum absolute atomic E-state index is 0.440. The first-order chi connectivity index (χ1) is 6.63. The van der Waals surface area contributed by atoms with E-state index < -0.39 is 0 Å². The van der Waals surface area contributed by atoms with Gasteiger partial charge in [0.05, 0.1) is 0 Å². The van der Waals surface area contributed by atoms with Crippen LogP contribution >= 0.6 is 0 Å². The summed E-state index contributed by atoms with van der Waals surface area (Å²) in [5.41, 5.74) is 1.35. The summed E-state index contributed by atoms with van der Waals surface area (Å²) in [6.45, 7) is 4.32. The van der Waals surface area contributed by atoms with E-state index in [-0.39, 0.29) is 0 Å². The average molecular weight is 195 g/mol. The van der Waals surface area contributed by atoms with Gasteiger partial charge in [-0.05, 0) is 39.7 Å². The third-order valence-corrected chi connectivity index (χ3v) is 2.51. The minimum Gasteiger partial charge on any atom is -0.353 e. The van der Waals surface area contributed by atoms with Gasteiger partial charge in [0.1, 0.15) is 0 Å². The molecule has 1 aromatic heterocycles. The Labute approximate surface area is 86.7 Å². The highest BCUT2D eigenvalue weighted by atomic mass is 15.1. The normalized spacial score (nSPS) is 13.5. The van der Waals surface area contributed by atoms with Crippen molar-refractivity contribution in [2.24, 2.45) is 0 Å². The number of likely N-dealkylation sites (N-methyl/N-ethyl adjacent to an activating group) is 1. The third-order valence-electron chi connectivity index (χ3n) is 2.51. The van der Waals surface area contributed by atoms with Gasteiger partial charge in [-0.3, -0.25) is 0 Å². The van der Waals surface area contributed by atoms with Crippen molar-refractivity contribution in [2.45, 2.75) is 19.5 Å². The van der Waals surface area contributed by atoms with Gasteiger partial charge in [-0.15, -0.1) is 0 Å². The lowest BCUT2D eigenvalue weighted by molar-refractivity contribution is 0.384. The van der Waals surface area contributed by atoms with Crippen molar-refractivity contribution in [3.8, 4) is 0 Å².